The predicted molar refractivity (Wildman–Crippen MR) is 81.4 cm³/mol. The molecule has 0 unspecified atom stereocenters. The zero-order valence-corrected chi connectivity index (χ0v) is 13.1. The maximum absolute atomic E-state index is 12.6. The predicted octanol–water partition coefficient (Wildman–Crippen LogP) is 1.77. The first kappa shape index (κ1) is 15.3. The second kappa shape index (κ2) is 6.15. The topological polar surface area (TPSA) is 66.5 Å². The van der Waals surface area contributed by atoms with Crippen LogP contribution in [0.4, 0.5) is 5.69 Å². The van der Waals surface area contributed by atoms with Crippen LogP contribution in [0.3, 0.4) is 0 Å². The van der Waals surface area contributed by atoms with E-state index in [-0.39, 0.29) is 16.8 Å². The molecule has 2 rings (SSSR count). The molecular formula is C13H18N2O3S2. The summed E-state index contributed by atoms with van der Waals surface area (Å²) in [5, 5.41) is 2.62. The Hall–Kier alpha value is -1.05. The number of carbonyl (C=O) groups is 1. The largest absolute Gasteiger partial charge is 0.326 e. The molecule has 1 heterocycles. The van der Waals surface area contributed by atoms with Crippen LogP contribution in [-0.2, 0) is 14.8 Å². The lowest BCUT2D eigenvalue weighted by Crippen LogP contribution is -2.44. The van der Waals surface area contributed by atoms with Gasteiger partial charge in [-0.2, -0.15) is 16.1 Å². The summed E-state index contributed by atoms with van der Waals surface area (Å²) < 4.78 is 26.7. The van der Waals surface area contributed by atoms with E-state index in [9.17, 15) is 13.2 Å². The first-order valence-electron chi connectivity index (χ1n) is 6.38. The SMILES string of the molecule is CC(=O)Nc1ccc(S(=O)(=O)N2CCSC[C@H]2C)cc1. The van der Waals surface area contributed by atoms with E-state index in [1.165, 1.54) is 19.1 Å². The Morgan fingerprint density at radius 2 is 2.00 bits per heavy atom. The van der Waals surface area contributed by atoms with E-state index in [1.54, 1.807) is 28.2 Å². The Morgan fingerprint density at radius 3 is 2.55 bits per heavy atom. The molecule has 0 bridgehead atoms. The Balaban J connectivity index is 2.23. The van der Waals surface area contributed by atoms with Crippen LogP contribution in [-0.4, -0.2) is 42.7 Å². The minimum absolute atomic E-state index is 0.00812. The van der Waals surface area contributed by atoms with Gasteiger partial charge >= 0.3 is 0 Å². The summed E-state index contributed by atoms with van der Waals surface area (Å²) >= 11 is 1.77. The number of carbonyl (C=O) groups excluding carboxylic acids is 1. The van der Waals surface area contributed by atoms with Crippen LogP contribution in [0.25, 0.3) is 0 Å². The number of amides is 1. The van der Waals surface area contributed by atoms with Crippen molar-refractivity contribution in [2.45, 2.75) is 24.8 Å². The molecule has 1 aromatic rings. The zero-order valence-electron chi connectivity index (χ0n) is 11.5. The lowest BCUT2D eigenvalue weighted by molar-refractivity contribution is -0.114. The standard InChI is InChI=1S/C13H18N2O3S2/c1-10-9-19-8-7-15(10)20(17,18)13-5-3-12(4-6-13)14-11(2)16/h3-6,10H,7-9H2,1-2H3,(H,14,16)/t10-/m1/s1. The van der Waals surface area contributed by atoms with Crippen LogP contribution in [0, 0.1) is 0 Å². The zero-order chi connectivity index (χ0) is 14.8. The second-order valence-electron chi connectivity index (χ2n) is 4.75. The molecule has 1 fully saturated rings. The molecule has 0 radical (unpaired) electrons. The molecular weight excluding hydrogens is 296 g/mol. The Bertz CT molecular complexity index is 584. The van der Waals surface area contributed by atoms with Gasteiger partial charge in [0.15, 0.2) is 0 Å². The van der Waals surface area contributed by atoms with Crippen molar-refractivity contribution >= 4 is 33.4 Å². The number of rotatable bonds is 3. The highest BCUT2D eigenvalue weighted by atomic mass is 32.2. The van der Waals surface area contributed by atoms with Gasteiger partial charge in [-0.15, -0.1) is 0 Å². The fourth-order valence-corrected chi connectivity index (χ4v) is 4.97. The number of benzene rings is 1. The van der Waals surface area contributed by atoms with E-state index in [0.29, 0.717) is 12.2 Å². The quantitative estimate of drug-likeness (QED) is 0.923. The Morgan fingerprint density at radius 1 is 1.35 bits per heavy atom. The average molecular weight is 314 g/mol. The van der Waals surface area contributed by atoms with Crippen molar-refractivity contribution in [2.24, 2.45) is 0 Å². The van der Waals surface area contributed by atoms with Crippen molar-refractivity contribution in [1.29, 1.82) is 0 Å². The monoisotopic (exact) mass is 314 g/mol. The third kappa shape index (κ3) is 3.34. The van der Waals surface area contributed by atoms with E-state index < -0.39 is 10.0 Å². The number of thioether (sulfide) groups is 1. The fraction of sp³-hybridized carbons (Fsp3) is 0.462. The van der Waals surface area contributed by atoms with Crippen LogP contribution in [0.2, 0.25) is 0 Å². The number of hydrogen-bond donors (Lipinski definition) is 1. The highest BCUT2D eigenvalue weighted by molar-refractivity contribution is 7.99. The average Bonchev–Trinajstić information content (AvgIpc) is 2.39. The van der Waals surface area contributed by atoms with Crippen LogP contribution in [0.15, 0.2) is 29.2 Å². The number of anilines is 1. The molecule has 20 heavy (non-hydrogen) atoms. The second-order valence-corrected chi connectivity index (χ2v) is 7.79. The van der Waals surface area contributed by atoms with Crippen molar-refractivity contribution in [1.82, 2.24) is 4.31 Å². The van der Waals surface area contributed by atoms with E-state index in [0.717, 1.165) is 11.5 Å². The third-order valence-electron chi connectivity index (χ3n) is 3.09. The molecule has 0 spiro atoms. The van der Waals surface area contributed by atoms with Gasteiger partial charge < -0.3 is 5.32 Å². The summed E-state index contributed by atoms with van der Waals surface area (Å²) in [7, 11) is -3.45. The lowest BCUT2D eigenvalue weighted by Gasteiger charge is -2.31. The van der Waals surface area contributed by atoms with Crippen molar-refractivity contribution in [2.75, 3.05) is 23.4 Å². The molecule has 110 valence electrons. The summed E-state index contributed by atoms with van der Waals surface area (Å²) in [6.07, 6.45) is 0. The third-order valence-corrected chi connectivity index (χ3v) is 6.31. The molecule has 1 aliphatic rings. The summed E-state index contributed by atoms with van der Waals surface area (Å²) in [5.41, 5.74) is 0.596. The molecule has 1 amide bonds. The van der Waals surface area contributed by atoms with Gasteiger partial charge in [0.25, 0.3) is 0 Å². The molecule has 1 atom stereocenters. The van der Waals surface area contributed by atoms with E-state index >= 15 is 0 Å². The van der Waals surface area contributed by atoms with Gasteiger partial charge in [-0.05, 0) is 31.2 Å². The minimum atomic E-state index is -3.45. The van der Waals surface area contributed by atoms with Crippen LogP contribution in [0.1, 0.15) is 13.8 Å². The van der Waals surface area contributed by atoms with Gasteiger partial charge in [0.05, 0.1) is 4.90 Å². The van der Waals surface area contributed by atoms with E-state index in [1.807, 2.05) is 6.92 Å². The number of nitrogens with one attached hydrogen (secondary N) is 1. The van der Waals surface area contributed by atoms with E-state index in [2.05, 4.69) is 5.32 Å². The normalized spacial score (nSPS) is 20.6. The first-order valence-corrected chi connectivity index (χ1v) is 8.98. The lowest BCUT2D eigenvalue weighted by atomic mass is 10.3. The van der Waals surface area contributed by atoms with Crippen molar-refractivity contribution in [3.63, 3.8) is 0 Å². The maximum atomic E-state index is 12.6. The summed E-state index contributed by atoms with van der Waals surface area (Å²) in [6, 6.07) is 6.30. The summed E-state index contributed by atoms with van der Waals surface area (Å²) in [5.74, 6) is 1.47. The van der Waals surface area contributed by atoms with Gasteiger partial charge in [0.2, 0.25) is 15.9 Å². The molecule has 1 N–H and O–H groups in total. The molecule has 1 saturated heterocycles. The summed E-state index contributed by atoms with van der Waals surface area (Å²) in [4.78, 5) is 11.2. The molecule has 0 saturated carbocycles. The number of sulfonamides is 1. The highest BCUT2D eigenvalue weighted by Gasteiger charge is 2.31. The number of nitrogens with zero attached hydrogens (tertiary/aromatic N) is 1. The molecule has 1 aliphatic heterocycles. The Labute approximate surface area is 123 Å². The summed E-state index contributed by atoms with van der Waals surface area (Å²) in [6.45, 7) is 3.88. The minimum Gasteiger partial charge on any atom is -0.326 e. The van der Waals surface area contributed by atoms with Crippen LogP contribution >= 0.6 is 11.8 Å². The van der Waals surface area contributed by atoms with Gasteiger partial charge in [-0.1, -0.05) is 0 Å². The first-order chi connectivity index (χ1) is 9.41. The van der Waals surface area contributed by atoms with Crippen LogP contribution in [0.5, 0.6) is 0 Å². The highest BCUT2D eigenvalue weighted by Crippen LogP contribution is 2.25. The molecule has 0 aliphatic carbocycles. The number of hydrogen-bond acceptors (Lipinski definition) is 4. The van der Waals surface area contributed by atoms with Crippen molar-refractivity contribution in [3.8, 4) is 0 Å². The van der Waals surface area contributed by atoms with Crippen molar-refractivity contribution < 1.29 is 13.2 Å². The molecule has 1 aromatic carbocycles. The van der Waals surface area contributed by atoms with E-state index in [4.69, 9.17) is 0 Å². The smallest absolute Gasteiger partial charge is 0.243 e. The Kier molecular flexibility index (Phi) is 4.72. The molecule has 7 heteroatoms. The van der Waals surface area contributed by atoms with Crippen LogP contribution < -0.4 is 5.32 Å². The van der Waals surface area contributed by atoms with Gasteiger partial charge in [-0.3, -0.25) is 4.79 Å². The molecule has 0 aromatic heterocycles. The van der Waals surface area contributed by atoms with Gasteiger partial charge in [0.1, 0.15) is 0 Å². The maximum Gasteiger partial charge on any atom is 0.243 e. The van der Waals surface area contributed by atoms with Gasteiger partial charge in [0, 0.05) is 36.7 Å². The fourth-order valence-electron chi connectivity index (χ4n) is 2.12. The van der Waals surface area contributed by atoms with Crippen molar-refractivity contribution in [3.05, 3.63) is 24.3 Å². The van der Waals surface area contributed by atoms with Gasteiger partial charge in [-0.25, -0.2) is 8.42 Å². The molecule has 5 nitrogen and oxygen atoms in total.